The zero-order valence-electron chi connectivity index (χ0n) is 20.3. The van der Waals surface area contributed by atoms with Gasteiger partial charge in [0.05, 0.1) is 19.3 Å². The Hall–Kier alpha value is -3.32. The largest absolute Gasteiger partial charge is 0.497 e. The van der Waals surface area contributed by atoms with Gasteiger partial charge in [0.1, 0.15) is 5.75 Å². The molecule has 1 amide bonds. The molecular weight excluding hydrogens is 414 g/mol. The maximum atomic E-state index is 13.2. The molecule has 2 heterocycles. The summed E-state index contributed by atoms with van der Waals surface area (Å²) in [5.74, 6) is 0.677. The molecule has 1 fully saturated rings. The van der Waals surface area contributed by atoms with Crippen LogP contribution in [0.1, 0.15) is 34.5 Å². The summed E-state index contributed by atoms with van der Waals surface area (Å²) in [6.07, 6.45) is 3.79. The fourth-order valence-corrected chi connectivity index (χ4v) is 4.13. The highest BCUT2D eigenvalue weighted by Gasteiger charge is 2.29. The van der Waals surface area contributed by atoms with E-state index in [-0.39, 0.29) is 11.9 Å². The number of benzene rings is 2. The number of likely N-dealkylation sites (N-methyl/N-ethyl adjacent to an activating group) is 1. The molecule has 2 aromatic carbocycles. The lowest BCUT2D eigenvalue weighted by molar-refractivity contribution is 0.0939. The summed E-state index contributed by atoms with van der Waals surface area (Å²) >= 11 is 0. The average molecular weight is 448 g/mol. The van der Waals surface area contributed by atoms with E-state index in [1.165, 1.54) is 0 Å². The fraction of sp³-hybridized carbons (Fsp3) is 0.385. The lowest BCUT2D eigenvalue weighted by atomic mass is 10.00. The first-order valence-corrected chi connectivity index (χ1v) is 11.3. The molecule has 0 unspecified atom stereocenters. The van der Waals surface area contributed by atoms with Gasteiger partial charge in [-0.15, -0.1) is 0 Å². The summed E-state index contributed by atoms with van der Waals surface area (Å²) in [4.78, 5) is 17.8. The normalized spacial score (nSPS) is 14.8. The molecule has 1 atom stereocenters. The highest BCUT2D eigenvalue weighted by atomic mass is 16.5. The van der Waals surface area contributed by atoms with Crippen molar-refractivity contribution in [1.29, 1.82) is 0 Å². The van der Waals surface area contributed by atoms with E-state index >= 15 is 0 Å². The van der Waals surface area contributed by atoms with E-state index in [9.17, 15) is 4.79 Å². The predicted molar refractivity (Wildman–Crippen MR) is 132 cm³/mol. The van der Waals surface area contributed by atoms with Crippen molar-refractivity contribution in [2.45, 2.75) is 25.9 Å². The molecule has 4 rings (SSSR count). The van der Waals surface area contributed by atoms with E-state index in [2.05, 4.69) is 46.4 Å². The summed E-state index contributed by atoms with van der Waals surface area (Å²) in [5, 5.41) is 7.44. The topological polar surface area (TPSA) is 62.6 Å². The van der Waals surface area contributed by atoms with Crippen LogP contribution >= 0.6 is 0 Å². The minimum Gasteiger partial charge on any atom is -0.497 e. The number of nitrogens with one attached hydrogen (secondary N) is 1. The Morgan fingerprint density at radius 3 is 2.58 bits per heavy atom. The van der Waals surface area contributed by atoms with Gasteiger partial charge in [0.25, 0.3) is 5.91 Å². The van der Waals surface area contributed by atoms with Gasteiger partial charge < -0.3 is 19.9 Å². The highest BCUT2D eigenvalue weighted by molar-refractivity contribution is 5.97. The van der Waals surface area contributed by atoms with Crippen LogP contribution in [0, 0.1) is 6.92 Å². The Bertz CT molecular complexity index is 1150. The maximum Gasteiger partial charge on any atom is 0.252 e. The van der Waals surface area contributed by atoms with E-state index in [0.717, 1.165) is 46.8 Å². The second kappa shape index (κ2) is 9.27. The third-order valence-electron chi connectivity index (χ3n) is 6.47. The van der Waals surface area contributed by atoms with E-state index in [1.54, 1.807) is 11.8 Å². The first-order valence-electron chi connectivity index (χ1n) is 11.3. The van der Waals surface area contributed by atoms with Gasteiger partial charge in [0.2, 0.25) is 0 Å². The minimum atomic E-state index is -0.187. The van der Waals surface area contributed by atoms with E-state index in [0.29, 0.717) is 11.6 Å². The monoisotopic (exact) mass is 447 g/mol. The molecule has 0 spiro atoms. The highest BCUT2D eigenvalue weighted by Crippen LogP contribution is 2.29. The number of rotatable bonds is 7. The first kappa shape index (κ1) is 22.9. The molecule has 0 saturated carbocycles. The van der Waals surface area contributed by atoms with Crippen molar-refractivity contribution < 1.29 is 9.53 Å². The van der Waals surface area contributed by atoms with Crippen LogP contribution in [0.3, 0.4) is 0 Å². The van der Waals surface area contributed by atoms with Gasteiger partial charge in [0.15, 0.2) is 0 Å². The van der Waals surface area contributed by atoms with Crippen molar-refractivity contribution in [3.8, 4) is 16.9 Å². The molecule has 3 aromatic rings. The quantitative estimate of drug-likeness (QED) is 0.599. The number of carbonyl (C=O) groups is 1. The van der Waals surface area contributed by atoms with Crippen LogP contribution in [0.4, 0.5) is 5.69 Å². The fourth-order valence-electron chi connectivity index (χ4n) is 4.13. The summed E-state index contributed by atoms with van der Waals surface area (Å²) in [6, 6.07) is 12.5. The van der Waals surface area contributed by atoms with E-state index in [4.69, 9.17) is 4.74 Å². The molecule has 0 radical (unpaired) electrons. The molecule has 1 aliphatic heterocycles. The molecule has 7 heteroatoms. The summed E-state index contributed by atoms with van der Waals surface area (Å²) in [7, 11) is 7.76. The summed E-state index contributed by atoms with van der Waals surface area (Å²) in [6.45, 7) is 5.94. The Labute approximate surface area is 196 Å². The van der Waals surface area contributed by atoms with E-state index in [1.807, 2.05) is 57.6 Å². The van der Waals surface area contributed by atoms with Crippen molar-refractivity contribution >= 4 is 11.6 Å². The van der Waals surface area contributed by atoms with Crippen molar-refractivity contribution in [2.75, 3.05) is 39.2 Å². The van der Waals surface area contributed by atoms with Crippen molar-refractivity contribution in [2.24, 2.45) is 7.05 Å². The number of nitrogens with zero attached hydrogens (tertiary/aromatic N) is 4. The van der Waals surface area contributed by atoms with Crippen molar-refractivity contribution in [3.05, 3.63) is 65.5 Å². The maximum absolute atomic E-state index is 13.2. The molecule has 174 valence electrons. The molecular formula is C26H33N5O2. The summed E-state index contributed by atoms with van der Waals surface area (Å²) < 4.78 is 7.29. The number of hydrogen-bond donors (Lipinski definition) is 1. The Morgan fingerprint density at radius 2 is 1.94 bits per heavy atom. The Balaban J connectivity index is 1.52. The first-order chi connectivity index (χ1) is 15.7. The van der Waals surface area contributed by atoms with Crippen LogP contribution in [0.5, 0.6) is 5.75 Å². The number of carbonyl (C=O) groups excluding carboxylic acids is 1. The predicted octanol–water partition coefficient (Wildman–Crippen LogP) is 3.65. The number of hydrogen-bond acceptors (Lipinski definition) is 5. The van der Waals surface area contributed by atoms with Gasteiger partial charge in [-0.25, -0.2) is 0 Å². The molecule has 33 heavy (non-hydrogen) atoms. The van der Waals surface area contributed by atoms with Gasteiger partial charge in [-0.2, -0.15) is 5.10 Å². The molecule has 1 saturated heterocycles. The molecule has 1 aromatic heterocycles. The lowest BCUT2D eigenvalue weighted by Gasteiger charge is -2.44. The minimum absolute atomic E-state index is 0.0720. The van der Waals surface area contributed by atoms with Gasteiger partial charge in [-0.05, 0) is 75.0 Å². The molecule has 7 nitrogen and oxygen atoms in total. The zero-order chi connectivity index (χ0) is 23.7. The number of aromatic nitrogens is 2. The van der Waals surface area contributed by atoms with Crippen LogP contribution in [-0.4, -0.2) is 60.9 Å². The number of methoxy groups -OCH3 is 1. The number of aryl methyl sites for hydroxylation is 2. The van der Waals surface area contributed by atoms with Gasteiger partial charge in [-0.3, -0.25) is 9.48 Å². The Kier molecular flexibility index (Phi) is 6.42. The number of amides is 1. The second-order valence-corrected chi connectivity index (χ2v) is 9.11. The Morgan fingerprint density at radius 1 is 1.18 bits per heavy atom. The van der Waals surface area contributed by atoms with Crippen molar-refractivity contribution in [1.82, 2.24) is 20.0 Å². The van der Waals surface area contributed by atoms with Gasteiger partial charge in [-0.1, -0.05) is 6.07 Å². The van der Waals surface area contributed by atoms with Crippen LogP contribution < -0.4 is 15.0 Å². The van der Waals surface area contributed by atoms with Crippen LogP contribution in [-0.2, 0) is 7.05 Å². The average Bonchev–Trinajstić information content (AvgIpc) is 3.19. The third-order valence-corrected chi connectivity index (χ3v) is 6.47. The second-order valence-electron chi connectivity index (χ2n) is 9.11. The molecule has 0 aliphatic carbocycles. The smallest absolute Gasteiger partial charge is 0.252 e. The molecule has 1 N–H and O–H groups in total. The summed E-state index contributed by atoms with van der Waals surface area (Å²) in [5.41, 5.74) is 5.76. The SMILES string of the molecule is COc1cc(-c2cnn(C)c2)cc([C@@H](C)NC(=O)c2cc(N3CC(N(C)C)C3)ccc2C)c1. The van der Waals surface area contributed by atoms with Gasteiger partial charge in [0, 0.05) is 49.2 Å². The lowest BCUT2D eigenvalue weighted by Crippen LogP contribution is -2.57. The molecule has 1 aliphatic rings. The standard InChI is InChI=1S/C26H33N5O2/c1-17-7-8-22(31-15-23(16-31)29(3)4)12-25(17)26(32)28-18(2)19-9-20(11-24(10-19)33-6)21-13-27-30(5)14-21/h7-14,18,23H,15-16H2,1-6H3,(H,28,32)/t18-/m1/s1. The zero-order valence-corrected chi connectivity index (χ0v) is 20.3. The molecule has 0 bridgehead atoms. The van der Waals surface area contributed by atoms with Gasteiger partial charge >= 0.3 is 0 Å². The third kappa shape index (κ3) is 4.88. The van der Waals surface area contributed by atoms with Crippen LogP contribution in [0.15, 0.2) is 48.8 Å². The van der Waals surface area contributed by atoms with E-state index < -0.39 is 0 Å². The van der Waals surface area contributed by atoms with Crippen molar-refractivity contribution in [3.63, 3.8) is 0 Å². The number of anilines is 1. The number of ether oxygens (including phenoxy) is 1. The van der Waals surface area contributed by atoms with Crippen LogP contribution in [0.25, 0.3) is 11.1 Å². The van der Waals surface area contributed by atoms with Crippen LogP contribution in [0.2, 0.25) is 0 Å².